The minimum atomic E-state index is 0.0952. The lowest BCUT2D eigenvalue weighted by Gasteiger charge is -2.49. The summed E-state index contributed by atoms with van der Waals surface area (Å²) in [6, 6.07) is 8.63. The third kappa shape index (κ3) is 2.29. The Hall–Kier alpha value is -0.730. The molecule has 1 saturated heterocycles. The van der Waals surface area contributed by atoms with Crippen LogP contribution in [0.15, 0.2) is 24.3 Å². The molecule has 0 saturated carbocycles. The van der Waals surface area contributed by atoms with E-state index in [0.29, 0.717) is 6.04 Å². The molecule has 1 aromatic carbocycles. The molecule has 1 aliphatic heterocycles. The van der Waals surface area contributed by atoms with Crippen molar-refractivity contribution in [1.82, 2.24) is 5.32 Å². The molecule has 0 radical (unpaired) electrons. The number of nitrogens with zero attached hydrogens (tertiary/aromatic N) is 1. The van der Waals surface area contributed by atoms with Gasteiger partial charge in [-0.3, -0.25) is 0 Å². The fourth-order valence-corrected chi connectivity index (χ4v) is 3.12. The number of anilines is 1. The number of para-hydroxylation sites is 1. The van der Waals surface area contributed by atoms with E-state index in [0.717, 1.165) is 17.3 Å². The maximum absolute atomic E-state index is 6.31. The van der Waals surface area contributed by atoms with E-state index in [2.05, 4.69) is 36.2 Å². The van der Waals surface area contributed by atoms with Crippen molar-refractivity contribution >= 4 is 17.3 Å². The van der Waals surface area contributed by atoms with Crippen molar-refractivity contribution in [1.29, 1.82) is 0 Å². The first-order valence-electron chi connectivity index (χ1n) is 6.27. The minimum Gasteiger partial charge on any atom is -0.364 e. The van der Waals surface area contributed by atoms with Gasteiger partial charge in [-0.1, -0.05) is 23.7 Å². The highest BCUT2D eigenvalue weighted by atomic mass is 35.5. The standard InChI is InChI=1S/C14H21ClN2/c1-14(2)13(16-3)9-6-10-17(14)12-8-5-4-7-11(12)15/h4-5,7-8,13,16H,6,9-10H2,1-3H3. The molecule has 3 heteroatoms. The van der Waals surface area contributed by atoms with E-state index in [4.69, 9.17) is 11.6 Å². The minimum absolute atomic E-state index is 0.0952. The van der Waals surface area contributed by atoms with Crippen LogP contribution >= 0.6 is 11.6 Å². The second-order valence-corrected chi connectivity index (χ2v) is 5.65. The fraction of sp³-hybridized carbons (Fsp3) is 0.571. The van der Waals surface area contributed by atoms with Gasteiger partial charge >= 0.3 is 0 Å². The Morgan fingerprint density at radius 3 is 2.71 bits per heavy atom. The van der Waals surface area contributed by atoms with Crippen molar-refractivity contribution in [2.75, 3.05) is 18.5 Å². The zero-order valence-corrected chi connectivity index (χ0v) is 11.6. The third-order valence-electron chi connectivity index (χ3n) is 3.91. The maximum atomic E-state index is 6.31. The molecule has 0 aliphatic carbocycles. The van der Waals surface area contributed by atoms with E-state index in [1.165, 1.54) is 12.8 Å². The molecule has 1 atom stereocenters. The molecule has 1 aromatic rings. The SMILES string of the molecule is CNC1CCCN(c2ccccc2Cl)C1(C)C. The molecule has 0 amide bonds. The van der Waals surface area contributed by atoms with Crippen molar-refractivity contribution in [2.45, 2.75) is 38.3 Å². The van der Waals surface area contributed by atoms with Gasteiger partial charge in [0.2, 0.25) is 0 Å². The number of hydrogen-bond acceptors (Lipinski definition) is 2. The molecule has 1 heterocycles. The van der Waals surface area contributed by atoms with E-state index in [1.807, 2.05) is 19.2 Å². The van der Waals surface area contributed by atoms with Crippen LogP contribution in [0.3, 0.4) is 0 Å². The van der Waals surface area contributed by atoms with Gasteiger partial charge in [0.1, 0.15) is 0 Å². The molecule has 1 aliphatic rings. The van der Waals surface area contributed by atoms with Crippen LogP contribution < -0.4 is 10.2 Å². The predicted octanol–water partition coefficient (Wildman–Crippen LogP) is 3.31. The fourth-order valence-electron chi connectivity index (χ4n) is 2.88. The van der Waals surface area contributed by atoms with Crippen LogP contribution in [0.5, 0.6) is 0 Å². The molecule has 1 unspecified atom stereocenters. The summed E-state index contributed by atoms with van der Waals surface area (Å²) in [6.45, 7) is 5.65. The molecule has 2 nitrogen and oxygen atoms in total. The van der Waals surface area contributed by atoms with Crippen molar-refractivity contribution in [3.63, 3.8) is 0 Å². The van der Waals surface area contributed by atoms with Gasteiger partial charge in [-0.25, -0.2) is 0 Å². The van der Waals surface area contributed by atoms with E-state index in [9.17, 15) is 0 Å². The van der Waals surface area contributed by atoms with Gasteiger partial charge in [0, 0.05) is 18.1 Å². The van der Waals surface area contributed by atoms with Crippen LogP contribution in [-0.4, -0.2) is 25.2 Å². The summed E-state index contributed by atoms with van der Waals surface area (Å²) in [4.78, 5) is 2.43. The highest BCUT2D eigenvalue weighted by Crippen LogP contribution is 2.36. The topological polar surface area (TPSA) is 15.3 Å². The average Bonchev–Trinajstić information content (AvgIpc) is 2.30. The lowest BCUT2D eigenvalue weighted by molar-refractivity contribution is 0.276. The molecule has 1 N–H and O–H groups in total. The van der Waals surface area contributed by atoms with Gasteiger partial charge in [-0.15, -0.1) is 0 Å². The molecule has 94 valence electrons. The Morgan fingerprint density at radius 1 is 1.35 bits per heavy atom. The van der Waals surface area contributed by atoms with Crippen LogP contribution in [-0.2, 0) is 0 Å². The molecule has 1 fully saturated rings. The Morgan fingerprint density at radius 2 is 2.06 bits per heavy atom. The summed E-state index contributed by atoms with van der Waals surface area (Å²) < 4.78 is 0. The summed E-state index contributed by atoms with van der Waals surface area (Å²) in [6.07, 6.45) is 2.44. The lowest BCUT2D eigenvalue weighted by Crippen LogP contribution is -2.60. The molecule has 0 spiro atoms. The lowest BCUT2D eigenvalue weighted by atomic mass is 9.84. The number of rotatable bonds is 2. The first-order chi connectivity index (χ1) is 8.07. The van der Waals surface area contributed by atoms with Crippen molar-refractivity contribution < 1.29 is 0 Å². The zero-order valence-electron chi connectivity index (χ0n) is 10.8. The number of piperidine rings is 1. The summed E-state index contributed by atoms with van der Waals surface area (Å²) in [5, 5.41) is 4.27. The Labute approximate surface area is 109 Å². The summed E-state index contributed by atoms with van der Waals surface area (Å²) in [5.41, 5.74) is 1.25. The highest BCUT2D eigenvalue weighted by Gasteiger charge is 2.38. The molecule has 0 aromatic heterocycles. The van der Waals surface area contributed by atoms with E-state index in [-0.39, 0.29) is 5.54 Å². The van der Waals surface area contributed by atoms with E-state index in [1.54, 1.807) is 0 Å². The second kappa shape index (κ2) is 4.87. The second-order valence-electron chi connectivity index (χ2n) is 5.24. The van der Waals surface area contributed by atoms with Gasteiger partial charge in [0.25, 0.3) is 0 Å². The van der Waals surface area contributed by atoms with Gasteiger partial charge < -0.3 is 10.2 Å². The first-order valence-corrected chi connectivity index (χ1v) is 6.64. The molecular formula is C14H21ClN2. The number of halogens is 1. The van der Waals surface area contributed by atoms with Gasteiger partial charge in [0.15, 0.2) is 0 Å². The Balaban J connectivity index is 2.34. The Bertz CT molecular complexity index is 390. The largest absolute Gasteiger partial charge is 0.364 e. The van der Waals surface area contributed by atoms with Crippen LogP contribution in [0.1, 0.15) is 26.7 Å². The zero-order chi connectivity index (χ0) is 12.5. The monoisotopic (exact) mass is 252 g/mol. The van der Waals surface area contributed by atoms with E-state index >= 15 is 0 Å². The van der Waals surface area contributed by atoms with Gasteiger partial charge in [-0.2, -0.15) is 0 Å². The number of benzene rings is 1. The van der Waals surface area contributed by atoms with Gasteiger partial charge in [-0.05, 0) is 45.9 Å². The predicted molar refractivity (Wildman–Crippen MR) is 75.0 cm³/mol. The first kappa shape index (κ1) is 12.7. The smallest absolute Gasteiger partial charge is 0.0639 e. The molecule has 2 rings (SSSR count). The average molecular weight is 253 g/mol. The quantitative estimate of drug-likeness (QED) is 0.869. The van der Waals surface area contributed by atoms with E-state index < -0.39 is 0 Å². The Kier molecular flexibility index (Phi) is 3.64. The van der Waals surface area contributed by atoms with Crippen LogP contribution in [0, 0.1) is 0 Å². The highest BCUT2D eigenvalue weighted by molar-refractivity contribution is 6.33. The molecule has 0 bridgehead atoms. The van der Waals surface area contributed by atoms with Crippen LogP contribution in [0.4, 0.5) is 5.69 Å². The maximum Gasteiger partial charge on any atom is 0.0639 e. The third-order valence-corrected chi connectivity index (χ3v) is 4.23. The van der Waals surface area contributed by atoms with Crippen molar-refractivity contribution in [3.8, 4) is 0 Å². The molecule has 17 heavy (non-hydrogen) atoms. The summed E-state index contributed by atoms with van der Waals surface area (Å²) in [7, 11) is 2.04. The van der Waals surface area contributed by atoms with Crippen molar-refractivity contribution in [3.05, 3.63) is 29.3 Å². The molecular weight excluding hydrogens is 232 g/mol. The number of likely N-dealkylation sites (N-methyl/N-ethyl adjacent to an activating group) is 1. The summed E-state index contributed by atoms with van der Waals surface area (Å²) >= 11 is 6.31. The normalized spacial score (nSPS) is 23.8. The summed E-state index contributed by atoms with van der Waals surface area (Å²) in [5.74, 6) is 0. The van der Waals surface area contributed by atoms with Crippen LogP contribution in [0.25, 0.3) is 0 Å². The van der Waals surface area contributed by atoms with Crippen LogP contribution in [0.2, 0.25) is 5.02 Å². The number of hydrogen-bond donors (Lipinski definition) is 1. The van der Waals surface area contributed by atoms with Crippen molar-refractivity contribution in [2.24, 2.45) is 0 Å². The van der Waals surface area contributed by atoms with Gasteiger partial charge in [0.05, 0.1) is 10.7 Å². The number of nitrogens with one attached hydrogen (secondary N) is 1.